The van der Waals surface area contributed by atoms with Crippen LogP contribution in [0.3, 0.4) is 0 Å². The molecule has 0 bridgehead atoms. The highest BCUT2D eigenvalue weighted by Gasteiger charge is 2.32. The predicted octanol–water partition coefficient (Wildman–Crippen LogP) is 2.42. The average Bonchev–Trinajstić information content (AvgIpc) is 3.02. The van der Waals surface area contributed by atoms with Gasteiger partial charge in [0.1, 0.15) is 10.4 Å². The molecular formula is C16H23N3O4S. The van der Waals surface area contributed by atoms with Gasteiger partial charge in [0, 0.05) is 19.7 Å². The highest BCUT2D eigenvalue weighted by molar-refractivity contribution is 7.89. The van der Waals surface area contributed by atoms with Crippen LogP contribution in [0.5, 0.6) is 0 Å². The molecule has 0 aliphatic carbocycles. The molecule has 0 radical (unpaired) electrons. The maximum atomic E-state index is 13.2. The summed E-state index contributed by atoms with van der Waals surface area (Å²) >= 11 is 0. The molecule has 0 N–H and O–H groups in total. The van der Waals surface area contributed by atoms with Crippen LogP contribution < -0.4 is 0 Å². The first-order valence-corrected chi connectivity index (χ1v) is 9.73. The van der Waals surface area contributed by atoms with Crippen LogP contribution in [-0.4, -0.2) is 48.8 Å². The Labute approximate surface area is 142 Å². The van der Waals surface area contributed by atoms with Crippen LogP contribution in [0.2, 0.25) is 0 Å². The second-order valence-electron chi connectivity index (χ2n) is 6.25. The van der Waals surface area contributed by atoms with Gasteiger partial charge in [-0.25, -0.2) is 13.0 Å². The van der Waals surface area contributed by atoms with Crippen molar-refractivity contribution in [2.75, 3.05) is 19.7 Å². The summed E-state index contributed by atoms with van der Waals surface area (Å²) in [5, 5.41) is 7.69. The lowest BCUT2D eigenvalue weighted by Crippen LogP contribution is -2.39. The third-order valence-electron chi connectivity index (χ3n) is 4.50. The molecule has 0 spiro atoms. The van der Waals surface area contributed by atoms with Gasteiger partial charge in [-0.15, -0.1) is 0 Å². The SMILES string of the molecule is CCN(C[C@H]1CCCCO1)S(=O)(=O)c1c(C)cc(C)c2nonc12. The second kappa shape index (κ2) is 6.78. The first-order chi connectivity index (χ1) is 11.4. The number of hydrogen-bond donors (Lipinski definition) is 0. The van der Waals surface area contributed by atoms with E-state index in [1.807, 2.05) is 19.9 Å². The van der Waals surface area contributed by atoms with Crippen LogP contribution in [0.1, 0.15) is 37.3 Å². The topological polar surface area (TPSA) is 85.5 Å². The Kier molecular flexibility index (Phi) is 4.89. The summed E-state index contributed by atoms with van der Waals surface area (Å²) in [5.41, 5.74) is 2.29. The normalized spacial score (nSPS) is 19.2. The Morgan fingerprint density at radius 2 is 1.96 bits per heavy atom. The van der Waals surface area contributed by atoms with E-state index >= 15 is 0 Å². The van der Waals surface area contributed by atoms with Crippen molar-refractivity contribution in [3.8, 4) is 0 Å². The number of aromatic nitrogens is 2. The largest absolute Gasteiger partial charge is 0.377 e. The molecule has 0 unspecified atom stereocenters. The summed E-state index contributed by atoms with van der Waals surface area (Å²) in [6.45, 7) is 6.91. The Morgan fingerprint density at radius 3 is 2.62 bits per heavy atom. The van der Waals surface area contributed by atoms with E-state index in [0.717, 1.165) is 24.8 Å². The van der Waals surface area contributed by atoms with Gasteiger partial charge in [0.15, 0.2) is 5.52 Å². The molecule has 1 atom stereocenters. The lowest BCUT2D eigenvalue weighted by molar-refractivity contribution is 0.00670. The summed E-state index contributed by atoms with van der Waals surface area (Å²) in [6, 6.07) is 1.81. The molecule has 2 aromatic rings. The van der Waals surface area contributed by atoms with Gasteiger partial charge in [-0.3, -0.25) is 0 Å². The minimum atomic E-state index is -3.70. The van der Waals surface area contributed by atoms with E-state index in [9.17, 15) is 8.42 Å². The smallest absolute Gasteiger partial charge is 0.245 e. The molecule has 0 amide bonds. The Bertz CT molecular complexity index is 825. The summed E-state index contributed by atoms with van der Waals surface area (Å²) < 4.78 is 38.5. The molecule has 1 fully saturated rings. The number of benzene rings is 1. The van der Waals surface area contributed by atoms with Crippen molar-refractivity contribution >= 4 is 21.1 Å². The molecule has 1 aromatic carbocycles. The van der Waals surface area contributed by atoms with Crippen molar-refractivity contribution < 1.29 is 17.8 Å². The molecule has 0 saturated carbocycles. The monoisotopic (exact) mass is 353 g/mol. The Balaban J connectivity index is 2.01. The first-order valence-electron chi connectivity index (χ1n) is 8.29. The van der Waals surface area contributed by atoms with Crippen molar-refractivity contribution in [1.82, 2.24) is 14.6 Å². The lowest BCUT2D eigenvalue weighted by Gasteiger charge is -2.29. The van der Waals surface area contributed by atoms with E-state index in [2.05, 4.69) is 10.3 Å². The number of sulfonamides is 1. The number of hydrogen-bond acceptors (Lipinski definition) is 6. The average molecular weight is 353 g/mol. The van der Waals surface area contributed by atoms with E-state index in [1.54, 1.807) is 6.92 Å². The molecule has 2 heterocycles. The fraction of sp³-hybridized carbons (Fsp3) is 0.625. The zero-order valence-electron chi connectivity index (χ0n) is 14.3. The van der Waals surface area contributed by atoms with Crippen LogP contribution in [0, 0.1) is 13.8 Å². The molecule has 1 aromatic heterocycles. The number of fused-ring (bicyclic) bond motifs is 1. The van der Waals surface area contributed by atoms with E-state index in [1.165, 1.54) is 4.31 Å². The van der Waals surface area contributed by atoms with Crippen molar-refractivity contribution in [2.24, 2.45) is 0 Å². The van der Waals surface area contributed by atoms with Gasteiger partial charge < -0.3 is 4.74 Å². The van der Waals surface area contributed by atoms with E-state index in [-0.39, 0.29) is 11.0 Å². The molecule has 132 valence electrons. The number of likely N-dealkylation sites (N-methyl/N-ethyl adjacent to an activating group) is 1. The van der Waals surface area contributed by atoms with Crippen molar-refractivity contribution in [1.29, 1.82) is 0 Å². The number of ether oxygens (including phenoxy) is 1. The molecule has 8 heteroatoms. The Morgan fingerprint density at radius 1 is 1.21 bits per heavy atom. The predicted molar refractivity (Wildman–Crippen MR) is 89.3 cm³/mol. The Hall–Kier alpha value is -1.51. The molecule has 3 rings (SSSR count). The van der Waals surface area contributed by atoms with Crippen molar-refractivity contribution in [3.05, 3.63) is 17.2 Å². The quantitative estimate of drug-likeness (QED) is 0.820. The molecule has 24 heavy (non-hydrogen) atoms. The number of aryl methyl sites for hydroxylation is 2. The van der Waals surface area contributed by atoms with Gasteiger partial charge in [0.05, 0.1) is 6.10 Å². The van der Waals surface area contributed by atoms with Gasteiger partial charge in [-0.05, 0) is 54.6 Å². The molecular weight excluding hydrogens is 330 g/mol. The van der Waals surface area contributed by atoms with Gasteiger partial charge in [0.2, 0.25) is 10.0 Å². The molecule has 1 aliphatic heterocycles. The standard InChI is InChI=1S/C16H23N3O4S/c1-4-19(10-13-7-5-6-8-22-13)24(20,21)16-12(3)9-11(2)14-15(16)18-23-17-14/h9,13H,4-8,10H2,1-3H3/t13-/m1/s1. The fourth-order valence-electron chi connectivity index (χ4n) is 3.27. The van der Waals surface area contributed by atoms with Gasteiger partial charge in [0.25, 0.3) is 0 Å². The molecule has 1 aliphatic rings. The van der Waals surface area contributed by atoms with Crippen LogP contribution in [-0.2, 0) is 14.8 Å². The summed E-state index contributed by atoms with van der Waals surface area (Å²) in [7, 11) is -3.70. The highest BCUT2D eigenvalue weighted by Crippen LogP contribution is 2.30. The first kappa shape index (κ1) is 17.3. The summed E-state index contributed by atoms with van der Waals surface area (Å²) in [6.07, 6.45) is 2.95. The van der Waals surface area contributed by atoms with E-state index in [0.29, 0.717) is 36.3 Å². The third kappa shape index (κ3) is 3.05. The number of nitrogens with zero attached hydrogens (tertiary/aromatic N) is 3. The van der Waals surface area contributed by atoms with Crippen LogP contribution in [0.4, 0.5) is 0 Å². The fourth-order valence-corrected chi connectivity index (χ4v) is 5.08. The zero-order valence-corrected chi connectivity index (χ0v) is 15.1. The highest BCUT2D eigenvalue weighted by atomic mass is 32.2. The minimum Gasteiger partial charge on any atom is -0.377 e. The van der Waals surface area contributed by atoms with Crippen LogP contribution >= 0.6 is 0 Å². The van der Waals surface area contributed by atoms with Gasteiger partial charge in [-0.2, -0.15) is 4.31 Å². The van der Waals surface area contributed by atoms with Crippen molar-refractivity contribution in [3.63, 3.8) is 0 Å². The van der Waals surface area contributed by atoms with E-state index < -0.39 is 10.0 Å². The second-order valence-corrected chi connectivity index (χ2v) is 8.12. The van der Waals surface area contributed by atoms with Crippen molar-refractivity contribution in [2.45, 2.75) is 51.0 Å². The molecule has 7 nitrogen and oxygen atoms in total. The summed E-state index contributed by atoms with van der Waals surface area (Å²) in [4.78, 5) is 0.182. The maximum absolute atomic E-state index is 13.2. The van der Waals surface area contributed by atoms with Crippen LogP contribution in [0.15, 0.2) is 15.6 Å². The molecule has 1 saturated heterocycles. The van der Waals surface area contributed by atoms with Crippen LogP contribution in [0.25, 0.3) is 11.0 Å². The summed E-state index contributed by atoms with van der Waals surface area (Å²) in [5.74, 6) is 0. The van der Waals surface area contributed by atoms with Gasteiger partial charge in [-0.1, -0.05) is 13.0 Å². The third-order valence-corrected chi connectivity index (χ3v) is 6.62. The lowest BCUT2D eigenvalue weighted by atomic mass is 10.1. The number of rotatable bonds is 5. The van der Waals surface area contributed by atoms with Gasteiger partial charge >= 0.3 is 0 Å². The zero-order chi connectivity index (χ0) is 17.3. The minimum absolute atomic E-state index is 0.0508. The van der Waals surface area contributed by atoms with E-state index in [4.69, 9.17) is 9.37 Å². The maximum Gasteiger partial charge on any atom is 0.245 e.